The average Bonchev–Trinajstić information content (AvgIpc) is 2.42. The molecule has 1 amide bonds. The van der Waals surface area contributed by atoms with E-state index in [-0.39, 0.29) is 5.91 Å². The van der Waals surface area contributed by atoms with Crippen LogP contribution in [0.15, 0.2) is 40.9 Å². The molecule has 0 saturated carbocycles. The van der Waals surface area contributed by atoms with Crippen molar-refractivity contribution in [2.24, 2.45) is 0 Å². The first-order valence-electron chi connectivity index (χ1n) is 6.20. The highest BCUT2D eigenvalue weighted by molar-refractivity contribution is 9.10. The number of halogens is 3. The Balaban J connectivity index is 2.04. The Labute approximate surface area is 141 Å². The van der Waals surface area contributed by atoms with Gasteiger partial charge in [0, 0.05) is 23.6 Å². The number of rotatable bonds is 4. The smallest absolute Gasteiger partial charge is 0.221 e. The van der Waals surface area contributed by atoms with E-state index >= 15 is 0 Å². The second kappa shape index (κ2) is 7.16. The summed E-state index contributed by atoms with van der Waals surface area (Å²) in [5, 5.41) is 7.11. The first-order valence-corrected chi connectivity index (χ1v) is 7.75. The molecular weight excluding hydrogens is 375 g/mol. The molecule has 0 saturated heterocycles. The number of carbonyl (C=O) groups is 1. The zero-order chi connectivity index (χ0) is 15.4. The molecule has 0 radical (unpaired) electrons. The Morgan fingerprint density at radius 1 is 1.14 bits per heavy atom. The van der Waals surface area contributed by atoms with Crippen LogP contribution in [-0.4, -0.2) is 5.91 Å². The lowest BCUT2D eigenvalue weighted by Crippen LogP contribution is -2.06. The van der Waals surface area contributed by atoms with Gasteiger partial charge in [-0.2, -0.15) is 0 Å². The lowest BCUT2D eigenvalue weighted by Gasteiger charge is -2.10. The van der Waals surface area contributed by atoms with E-state index in [1.54, 1.807) is 12.1 Å². The van der Waals surface area contributed by atoms with Crippen molar-refractivity contribution in [2.75, 3.05) is 10.6 Å². The number of anilines is 2. The average molecular weight is 388 g/mol. The standard InChI is InChI=1S/C15H13BrCl2N2O/c1-9(21)20-15-5-3-11(7-14(15)18)19-8-10-2-4-13(17)12(16)6-10/h2-7,19H,8H2,1H3,(H,20,21). The maximum atomic E-state index is 11.0. The number of carbonyl (C=O) groups excluding carboxylic acids is 1. The Bertz CT molecular complexity index is 677. The van der Waals surface area contributed by atoms with Gasteiger partial charge >= 0.3 is 0 Å². The maximum absolute atomic E-state index is 11.0. The van der Waals surface area contributed by atoms with Crippen LogP contribution in [0.25, 0.3) is 0 Å². The lowest BCUT2D eigenvalue weighted by atomic mass is 10.2. The molecule has 110 valence electrons. The fourth-order valence-electron chi connectivity index (χ4n) is 1.77. The Hall–Kier alpha value is -1.23. The highest BCUT2D eigenvalue weighted by Gasteiger charge is 2.04. The summed E-state index contributed by atoms with van der Waals surface area (Å²) in [6, 6.07) is 11.2. The molecule has 6 heteroatoms. The summed E-state index contributed by atoms with van der Waals surface area (Å²) in [5.74, 6) is -0.149. The number of benzene rings is 2. The van der Waals surface area contributed by atoms with Crippen LogP contribution in [0.4, 0.5) is 11.4 Å². The van der Waals surface area contributed by atoms with E-state index in [0.717, 1.165) is 15.7 Å². The Morgan fingerprint density at radius 3 is 2.52 bits per heavy atom. The summed E-state index contributed by atoms with van der Waals surface area (Å²) in [7, 11) is 0. The van der Waals surface area contributed by atoms with E-state index < -0.39 is 0 Å². The molecule has 0 fully saturated rings. The largest absolute Gasteiger partial charge is 0.381 e. The monoisotopic (exact) mass is 386 g/mol. The molecule has 0 atom stereocenters. The number of hydrogen-bond acceptors (Lipinski definition) is 2. The van der Waals surface area contributed by atoms with Crippen molar-refractivity contribution in [2.45, 2.75) is 13.5 Å². The normalized spacial score (nSPS) is 10.3. The van der Waals surface area contributed by atoms with E-state index in [0.29, 0.717) is 22.3 Å². The van der Waals surface area contributed by atoms with Crippen LogP contribution in [-0.2, 0) is 11.3 Å². The van der Waals surface area contributed by atoms with Crippen LogP contribution in [0.2, 0.25) is 10.0 Å². The second-order valence-electron chi connectivity index (χ2n) is 4.48. The summed E-state index contributed by atoms with van der Waals surface area (Å²) < 4.78 is 0.863. The number of nitrogens with one attached hydrogen (secondary N) is 2. The van der Waals surface area contributed by atoms with Gasteiger partial charge in [-0.25, -0.2) is 0 Å². The molecule has 21 heavy (non-hydrogen) atoms. The van der Waals surface area contributed by atoms with Gasteiger partial charge in [0.15, 0.2) is 0 Å². The van der Waals surface area contributed by atoms with Gasteiger partial charge in [-0.05, 0) is 51.8 Å². The van der Waals surface area contributed by atoms with E-state index in [2.05, 4.69) is 26.6 Å². The highest BCUT2D eigenvalue weighted by atomic mass is 79.9. The number of amides is 1. The van der Waals surface area contributed by atoms with Crippen molar-refractivity contribution in [1.82, 2.24) is 0 Å². The summed E-state index contributed by atoms with van der Waals surface area (Å²) in [5.41, 5.74) is 2.57. The van der Waals surface area contributed by atoms with E-state index in [9.17, 15) is 4.79 Å². The van der Waals surface area contributed by atoms with Crippen LogP contribution < -0.4 is 10.6 Å². The fraction of sp³-hybridized carbons (Fsp3) is 0.133. The molecule has 0 heterocycles. The van der Waals surface area contributed by atoms with Gasteiger partial charge in [0.25, 0.3) is 0 Å². The molecule has 0 aliphatic rings. The topological polar surface area (TPSA) is 41.1 Å². The van der Waals surface area contributed by atoms with Crippen molar-refractivity contribution in [1.29, 1.82) is 0 Å². The van der Waals surface area contributed by atoms with Gasteiger partial charge in [0.1, 0.15) is 0 Å². The van der Waals surface area contributed by atoms with Gasteiger partial charge in [-0.3, -0.25) is 4.79 Å². The molecule has 0 aromatic heterocycles. The molecule has 3 nitrogen and oxygen atoms in total. The minimum Gasteiger partial charge on any atom is -0.381 e. The zero-order valence-corrected chi connectivity index (χ0v) is 14.3. The van der Waals surface area contributed by atoms with Crippen molar-refractivity contribution >= 4 is 56.4 Å². The predicted octanol–water partition coefficient (Wildman–Crippen LogP) is 5.33. The Morgan fingerprint density at radius 2 is 1.90 bits per heavy atom. The third-order valence-electron chi connectivity index (χ3n) is 2.76. The molecule has 0 unspecified atom stereocenters. The van der Waals surface area contributed by atoms with Crippen molar-refractivity contribution in [3.05, 3.63) is 56.5 Å². The van der Waals surface area contributed by atoms with Crippen molar-refractivity contribution in [3.63, 3.8) is 0 Å². The van der Waals surface area contributed by atoms with Gasteiger partial charge in [-0.15, -0.1) is 0 Å². The van der Waals surface area contributed by atoms with Crippen molar-refractivity contribution in [3.8, 4) is 0 Å². The predicted molar refractivity (Wildman–Crippen MR) is 92.2 cm³/mol. The number of hydrogen-bond donors (Lipinski definition) is 2. The van der Waals surface area contributed by atoms with Crippen LogP contribution in [0.5, 0.6) is 0 Å². The molecule has 0 bridgehead atoms. The van der Waals surface area contributed by atoms with E-state index in [1.165, 1.54) is 6.92 Å². The minimum absolute atomic E-state index is 0.149. The third kappa shape index (κ3) is 4.63. The van der Waals surface area contributed by atoms with E-state index in [4.69, 9.17) is 23.2 Å². The van der Waals surface area contributed by atoms with Crippen molar-refractivity contribution < 1.29 is 4.79 Å². The summed E-state index contributed by atoms with van der Waals surface area (Å²) in [6.45, 7) is 2.09. The second-order valence-corrected chi connectivity index (χ2v) is 6.15. The summed E-state index contributed by atoms with van der Waals surface area (Å²) >= 11 is 15.5. The molecule has 2 aromatic rings. The lowest BCUT2D eigenvalue weighted by molar-refractivity contribution is -0.114. The van der Waals surface area contributed by atoms with Crippen LogP contribution >= 0.6 is 39.1 Å². The molecular formula is C15H13BrCl2N2O. The molecule has 0 aliphatic heterocycles. The van der Waals surface area contributed by atoms with E-state index in [1.807, 2.05) is 24.3 Å². The van der Waals surface area contributed by atoms with Crippen LogP contribution in [0.1, 0.15) is 12.5 Å². The molecule has 2 aromatic carbocycles. The Kier molecular flexibility index (Phi) is 5.51. The molecule has 0 spiro atoms. The third-order valence-corrected chi connectivity index (χ3v) is 4.29. The quantitative estimate of drug-likeness (QED) is 0.744. The van der Waals surface area contributed by atoms with Gasteiger partial charge in [0.05, 0.1) is 15.7 Å². The maximum Gasteiger partial charge on any atom is 0.221 e. The SMILES string of the molecule is CC(=O)Nc1ccc(NCc2ccc(Cl)c(Br)c2)cc1Cl. The summed E-state index contributed by atoms with van der Waals surface area (Å²) in [6.07, 6.45) is 0. The zero-order valence-electron chi connectivity index (χ0n) is 11.2. The minimum atomic E-state index is -0.149. The van der Waals surface area contributed by atoms with Crippen LogP contribution in [0.3, 0.4) is 0 Å². The van der Waals surface area contributed by atoms with Gasteiger partial charge < -0.3 is 10.6 Å². The first-order chi connectivity index (χ1) is 9.95. The molecule has 0 aliphatic carbocycles. The first kappa shape index (κ1) is 16.1. The molecule has 2 N–H and O–H groups in total. The van der Waals surface area contributed by atoms with Gasteiger partial charge in [0.2, 0.25) is 5.91 Å². The highest BCUT2D eigenvalue weighted by Crippen LogP contribution is 2.27. The fourth-order valence-corrected chi connectivity index (χ4v) is 2.54. The summed E-state index contributed by atoms with van der Waals surface area (Å²) in [4.78, 5) is 11.0. The molecule has 2 rings (SSSR count). The van der Waals surface area contributed by atoms with Crippen LogP contribution in [0, 0.1) is 0 Å². The van der Waals surface area contributed by atoms with Gasteiger partial charge in [-0.1, -0.05) is 29.3 Å².